The number of nitrogens with zero attached hydrogens (tertiary/aromatic N) is 3. The summed E-state index contributed by atoms with van der Waals surface area (Å²) in [5, 5.41) is 2.69. The second-order valence-corrected chi connectivity index (χ2v) is 7.82. The van der Waals surface area contributed by atoms with Crippen molar-refractivity contribution in [1.29, 1.82) is 0 Å². The molecule has 0 aromatic rings. The third kappa shape index (κ3) is 6.93. The van der Waals surface area contributed by atoms with Gasteiger partial charge in [-0.2, -0.15) is 0 Å². The van der Waals surface area contributed by atoms with E-state index in [9.17, 15) is 14.4 Å². The maximum Gasteiger partial charge on any atom is 0.249 e. The average Bonchev–Trinajstić information content (AvgIpc) is 3.48. The van der Waals surface area contributed by atoms with Gasteiger partial charge in [0, 0.05) is 25.8 Å². The zero-order chi connectivity index (χ0) is 21.3. The summed E-state index contributed by atoms with van der Waals surface area (Å²) in [5.74, 6) is 0.378. The molecule has 7 heteroatoms. The fraction of sp³-hybridized carbons (Fsp3) is 0.762. The van der Waals surface area contributed by atoms with Crippen molar-refractivity contribution in [3.05, 3.63) is 11.8 Å². The van der Waals surface area contributed by atoms with Gasteiger partial charge in [0.25, 0.3) is 0 Å². The van der Waals surface area contributed by atoms with Crippen molar-refractivity contribution in [1.82, 2.24) is 20.0 Å². The van der Waals surface area contributed by atoms with Crippen molar-refractivity contribution in [3.63, 3.8) is 0 Å². The third-order valence-corrected chi connectivity index (χ3v) is 5.42. The Bertz CT molecular complexity index is 558. The van der Waals surface area contributed by atoms with Crippen LogP contribution in [-0.2, 0) is 14.4 Å². The molecular weight excluding hydrogens is 356 g/mol. The lowest BCUT2D eigenvalue weighted by molar-refractivity contribution is -0.135. The predicted octanol–water partition coefficient (Wildman–Crippen LogP) is 1.84. The molecule has 160 valence electrons. The van der Waals surface area contributed by atoms with Crippen molar-refractivity contribution in [2.24, 2.45) is 5.92 Å². The van der Waals surface area contributed by atoms with E-state index in [0.717, 1.165) is 37.8 Å². The Balaban J connectivity index is 2.56. The fourth-order valence-corrected chi connectivity index (χ4v) is 3.53. The van der Waals surface area contributed by atoms with Crippen LogP contribution in [0.3, 0.4) is 0 Å². The first-order valence-electron chi connectivity index (χ1n) is 10.4. The summed E-state index contributed by atoms with van der Waals surface area (Å²) >= 11 is 0. The molecule has 1 fully saturated rings. The van der Waals surface area contributed by atoms with E-state index in [0.29, 0.717) is 19.5 Å². The van der Waals surface area contributed by atoms with Gasteiger partial charge in [0.2, 0.25) is 18.2 Å². The number of carbonyl (C=O) groups is 3. The standard InChI is InChI=1S/C21H38N4O3/c1-7-18(23(4)5)20(27)24(6)14-10-9-11-16(3)25(8-2)21(28)19(22-15-26)17-12-13-17/h11,15,17-19H,7-10,12-14H2,1-6H3,(H,22,26)/b16-11+. The number of rotatable bonds is 13. The molecule has 0 aromatic heterocycles. The van der Waals surface area contributed by atoms with Crippen LogP contribution in [-0.4, -0.2) is 79.2 Å². The largest absolute Gasteiger partial charge is 0.347 e. The van der Waals surface area contributed by atoms with Crippen LogP contribution in [0.15, 0.2) is 11.8 Å². The minimum absolute atomic E-state index is 0.0325. The van der Waals surface area contributed by atoms with E-state index in [4.69, 9.17) is 0 Å². The Labute approximate surface area is 170 Å². The summed E-state index contributed by atoms with van der Waals surface area (Å²) in [6.45, 7) is 7.15. The number of hydrogen-bond donors (Lipinski definition) is 1. The molecule has 1 aliphatic rings. The van der Waals surface area contributed by atoms with Crippen LogP contribution in [0.25, 0.3) is 0 Å². The van der Waals surface area contributed by atoms with Crippen molar-refractivity contribution in [3.8, 4) is 0 Å². The first-order valence-corrected chi connectivity index (χ1v) is 10.4. The summed E-state index contributed by atoms with van der Waals surface area (Å²) < 4.78 is 0. The number of likely N-dealkylation sites (N-methyl/N-ethyl adjacent to an activating group) is 3. The van der Waals surface area contributed by atoms with Crippen molar-refractivity contribution < 1.29 is 14.4 Å². The van der Waals surface area contributed by atoms with Gasteiger partial charge in [0.05, 0.1) is 6.04 Å². The van der Waals surface area contributed by atoms with Gasteiger partial charge in [-0.3, -0.25) is 19.3 Å². The van der Waals surface area contributed by atoms with Crippen LogP contribution in [0.1, 0.15) is 52.9 Å². The second kappa shape index (κ2) is 11.8. The van der Waals surface area contributed by atoms with E-state index in [1.165, 1.54) is 0 Å². The molecule has 0 aliphatic heterocycles. The number of allylic oxidation sites excluding steroid dienone is 2. The smallest absolute Gasteiger partial charge is 0.249 e. The topological polar surface area (TPSA) is 73.0 Å². The molecule has 1 aliphatic carbocycles. The number of nitrogens with one attached hydrogen (secondary N) is 1. The summed E-state index contributed by atoms with van der Waals surface area (Å²) in [6, 6.07) is -0.498. The van der Waals surface area contributed by atoms with Crippen molar-refractivity contribution >= 4 is 18.2 Å². The molecule has 1 saturated carbocycles. The number of carbonyl (C=O) groups excluding carboxylic acids is 3. The second-order valence-electron chi connectivity index (χ2n) is 7.82. The third-order valence-electron chi connectivity index (χ3n) is 5.42. The highest BCUT2D eigenvalue weighted by Gasteiger charge is 2.38. The van der Waals surface area contributed by atoms with E-state index in [-0.39, 0.29) is 23.8 Å². The average molecular weight is 395 g/mol. The van der Waals surface area contributed by atoms with E-state index in [1.807, 2.05) is 52.9 Å². The molecule has 2 unspecified atom stereocenters. The van der Waals surface area contributed by atoms with E-state index in [2.05, 4.69) is 5.32 Å². The predicted molar refractivity (Wildman–Crippen MR) is 111 cm³/mol. The van der Waals surface area contributed by atoms with Gasteiger partial charge in [-0.1, -0.05) is 13.0 Å². The van der Waals surface area contributed by atoms with Gasteiger partial charge >= 0.3 is 0 Å². The van der Waals surface area contributed by atoms with Gasteiger partial charge in [0.15, 0.2) is 0 Å². The zero-order valence-electron chi connectivity index (χ0n) is 18.4. The summed E-state index contributed by atoms with van der Waals surface area (Å²) in [5.41, 5.74) is 0.902. The molecule has 1 rings (SSSR count). The van der Waals surface area contributed by atoms with Gasteiger partial charge < -0.3 is 15.1 Å². The van der Waals surface area contributed by atoms with Crippen molar-refractivity contribution in [2.75, 3.05) is 34.2 Å². The van der Waals surface area contributed by atoms with E-state index < -0.39 is 6.04 Å². The maximum absolute atomic E-state index is 12.8. The lowest BCUT2D eigenvalue weighted by atomic mass is 10.1. The molecule has 0 bridgehead atoms. The SMILES string of the molecule is CCC(C(=O)N(C)CCC/C=C(\C)N(CC)C(=O)C(NC=O)C1CC1)N(C)C. The fourth-order valence-electron chi connectivity index (χ4n) is 3.53. The molecule has 0 heterocycles. The van der Waals surface area contributed by atoms with Crippen molar-refractivity contribution in [2.45, 2.75) is 65.0 Å². The van der Waals surface area contributed by atoms with Crippen LogP contribution in [0, 0.1) is 5.92 Å². The molecule has 0 radical (unpaired) electrons. The minimum atomic E-state index is -0.415. The Morgan fingerprint density at radius 1 is 1.14 bits per heavy atom. The summed E-state index contributed by atoms with van der Waals surface area (Å²) in [4.78, 5) is 41.6. The van der Waals surface area contributed by atoms with Crippen LogP contribution < -0.4 is 5.32 Å². The van der Waals surface area contributed by atoms with E-state index in [1.54, 1.807) is 9.80 Å². The molecule has 1 N–H and O–H groups in total. The lowest BCUT2D eigenvalue weighted by Crippen LogP contribution is -2.46. The normalized spacial score (nSPS) is 16.5. The molecular formula is C21H38N4O3. The molecule has 2 atom stereocenters. The first kappa shape index (κ1) is 24.1. The Morgan fingerprint density at radius 3 is 2.25 bits per heavy atom. The number of unbranched alkanes of at least 4 members (excludes halogenated alkanes) is 1. The van der Waals surface area contributed by atoms with Crippen LogP contribution >= 0.6 is 0 Å². The van der Waals surface area contributed by atoms with Gasteiger partial charge in [-0.15, -0.1) is 0 Å². The summed E-state index contributed by atoms with van der Waals surface area (Å²) in [7, 11) is 5.70. The molecule has 0 spiro atoms. The lowest BCUT2D eigenvalue weighted by Gasteiger charge is -2.28. The molecule has 0 aromatic carbocycles. The van der Waals surface area contributed by atoms with Gasteiger partial charge in [-0.25, -0.2) is 0 Å². The van der Waals surface area contributed by atoms with E-state index >= 15 is 0 Å². The first-order chi connectivity index (χ1) is 13.3. The Kier molecular flexibility index (Phi) is 10.2. The highest BCUT2D eigenvalue weighted by Crippen LogP contribution is 2.33. The van der Waals surface area contributed by atoms with Gasteiger partial charge in [0.1, 0.15) is 6.04 Å². The van der Waals surface area contributed by atoms with Crippen LogP contribution in [0.4, 0.5) is 0 Å². The molecule has 3 amide bonds. The monoisotopic (exact) mass is 394 g/mol. The summed E-state index contributed by atoms with van der Waals surface area (Å²) in [6.07, 6.45) is 7.08. The number of amides is 3. The minimum Gasteiger partial charge on any atom is -0.347 e. The highest BCUT2D eigenvalue weighted by atomic mass is 16.2. The quantitative estimate of drug-likeness (QED) is 0.382. The van der Waals surface area contributed by atoms with Gasteiger partial charge in [-0.05, 0) is 66.0 Å². The molecule has 0 saturated heterocycles. The number of hydrogen-bond acceptors (Lipinski definition) is 4. The Morgan fingerprint density at radius 2 is 1.79 bits per heavy atom. The molecule has 7 nitrogen and oxygen atoms in total. The molecule has 28 heavy (non-hydrogen) atoms. The van der Waals surface area contributed by atoms with Crippen LogP contribution in [0.5, 0.6) is 0 Å². The highest BCUT2D eigenvalue weighted by molar-refractivity contribution is 5.85. The zero-order valence-corrected chi connectivity index (χ0v) is 18.4. The van der Waals surface area contributed by atoms with Crippen LogP contribution in [0.2, 0.25) is 0 Å². The maximum atomic E-state index is 12.8. The Hall–Kier alpha value is -1.89.